The number of hydrogen-bond acceptors (Lipinski definition) is 4. The van der Waals surface area contributed by atoms with Gasteiger partial charge in [0.15, 0.2) is 0 Å². The van der Waals surface area contributed by atoms with E-state index < -0.39 is 12.6 Å². The number of ether oxygens (including phenoxy) is 4. The van der Waals surface area contributed by atoms with Crippen LogP contribution in [0.4, 0.5) is 0 Å². The van der Waals surface area contributed by atoms with E-state index >= 15 is 0 Å². The number of hydrogen-bond donors (Lipinski definition) is 0. The highest BCUT2D eigenvalue weighted by Crippen LogP contribution is 2.14. The molecule has 0 amide bonds. The van der Waals surface area contributed by atoms with E-state index in [0.29, 0.717) is 38.2 Å². The maximum absolute atomic E-state index is 5.60. The molecule has 0 spiro atoms. The first kappa shape index (κ1) is 16.5. The van der Waals surface area contributed by atoms with Gasteiger partial charge in [-0.2, -0.15) is 0 Å². The summed E-state index contributed by atoms with van der Waals surface area (Å²) in [6, 6.07) is 0. The predicted molar refractivity (Wildman–Crippen MR) is 71.3 cm³/mol. The average molecular weight is 301 g/mol. The van der Waals surface area contributed by atoms with Gasteiger partial charge in [-0.3, -0.25) is 0 Å². The zero-order valence-corrected chi connectivity index (χ0v) is 12.1. The molecule has 0 aliphatic carbocycles. The van der Waals surface area contributed by atoms with Gasteiger partial charge in [-0.05, 0) is 25.7 Å². The summed E-state index contributed by atoms with van der Waals surface area (Å²) in [5, 5.41) is 0. The monoisotopic (exact) mass is 300 g/mol. The number of unbranched alkanes of at least 4 members (excludes halogenated alkanes) is 2. The molecule has 4 nitrogen and oxygen atoms in total. The number of halogens is 2. The first-order valence-corrected chi connectivity index (χ1v) is 7.53. The minimum absolute atomic E-state index is 0.426. The molecular formula is C12H22Cl2O4. The van der Waals surface area contributed by atoms with Gasteiger partial charge < -0.3 is 18.9 Å². The molecule has 1 aliphatic heterocycles. The first-order valence-electron chi connectivity index (χ1n) is 6.47. The molecule has 0 saturated carbocycles. The van der Waals surface area contributed by atoms with Gasteiger partial charge in [0, 0.05) is 25.0 Å². The first-order chi connectivity index (χ1) is 8.88. The van der Waals surface area contributed by atoms with Crippen molar-refractivity contribution in [3.63, 3.8) is 0 Å². The van der Waals surface area contributed by atoms with E-state index in [2.05, 4.69) is 0 Å². The van der Waals surface area contributed by atoms with Crippen molar-refractivity contribution in [1.29, 1.82) is 0 Å². The average Bonchev–Trinajstić information content (AvgIpc) is 2.41. The van der Waals surface area contributed by atoms with Crippen LogP contribution in [0.3, 0.4) is 0 Å². The van der Waals surface area contributed by atoms with Crippen molar-refractivity contribution < 1.29 is 18.9 Å². The molecule has 2 atom stereocenters. The van der Waals surface area contributed by atoms with Crippen LogP contribution in [0.15, 0.2) is 0 Å². The standard InChI is InChI=1S/C12H22Cl2O4/c13-5-1-3-7-15-11-12(18-10-9-17-11)16-8-4-2-6-14/h11-12H,1-10H2. The topological polar surface area (TPSA) is 36.9 Å². The molecule has 1 fully saturated rings. The van der Waals surface area contributed by atoms with Crippen LogP contribution in [0.5, 0.6) is 0 Å². The maximum atomic E-state index is 5.60. The summed E-state index contributed by atoms with van der Waals surface area (Å²) in [6.45, 7) is 2.31. The minimum Gasteiger partial charge on any atom is -0.348 e. The van der Waals surface area contributed by atoms with E-state index in [1.165, 1.54) is 0 Å². The molecule has 1 saturated heterocycles. The van der Waals surface area contributed by atoms with Crippen molar-refractivity contribution in [2.75, 3.05) is 38.2 Å². The Kier molecular flexibility index (Phi) is 10.3. The lowest BCUT2D eigenvalue weighted by Gasteiger charge is -2.31. The Hall–Kier alpha value is 0.420. The molecular weight excluding hydrogens is 279 g/mol. The molecule has 18 heavy (non-hydrogen) atoms. The Labute approximate surface area is 119 Å². The van der Waals surface area contributed by atoms with Gasteiger partial charge >= 0.3 is 0 Å². The van der Waals surface area contributed by atoms with Crippen LogP contribution in [-0.4, -0.2) is 50.8 Å². The van der Waals surface area contributed by atoms with E-state index in [1.807, 2.05) is 0 Å². The Morgan fingerprint density at radius 2 is 1.22 bits per heavy atom. The highest BCUT2D eigenvalue weighted by molar-refractivity contribution is 6.18. The second-order valence-electron chi connectivity index (χ2n) is 4.01. The fourth-order valence-electron chi connectivity index (χ4n) is 1.53. The summed E-state index contributed by atoms with van der Waals surface area (Å²) < 4.78 is 22.2. The van der Waals surface area contributed by atoms with E-state index in [1.54, 1.807) is 0 Å². The van der Waals surface area contributed by atoms with Gasteiger partial charge in [0.1, 0.15) is 0 Å². The molecule has 1 rings (SSSR count). The molecule has 0 N–H and O–H groups in total. The highest BCUT2D eigenvalue weighted by Gasteiger charge is 2.28. The van der Waals surface area contributed by atoms with Crippen LogP contribution in [-0.2, 0) is 18.9 Å². The minimum atomic E-state index is -0.426. The lowest BCUT2D eigenvalue weighted by molar-refractivity contribution is -0.320. The van der Waals surface area contributed by atoms with Gasteiger partial charge in [0.25, 0.3) is 0 Å². The summed E-state index contributed by atoms with van der Waals surface area (Å²) in [5.41, 5.74) is 0. The Balaban J connectivity index is 2.15. The summed E-state index contributed by atoms with van der Waals surface area (Å²) in [5.74, 6) is 1.31. The lowest BCUT2D eigenvalue weighted by Crippen LogP contribution is -2.42. The van der Waals surface area contributed by atoms with Crippen molar-refractivity contribution >= 4 is 23.2 Å². The maximum Gasteiger partial charge on any atom is 0.209 e. The van der Waals surface area contributed by atoms with Gasteiger partial charge in [-0.15, -0.1) is 23.2 Å². The summed E-state index contributed by atoms with van der Waals surface area (Å²) >= 11 is 11.2. The fourth-order valence-corrected chi connectivity index (χ4v) is 1.91. The normalized spacial score (nSPS) is 24.3. The van der Waals surface area contributed by atoms with Crippen molar-refractivity contribution in [2.45, 2.75) is 38.3 Å². The van der Waals surface area contributed by atoms with Crippen molar-refractivity contribution in [3.05, 3.63) is 0 Å². The molecule has 1 aliphatic rings. The Morgan fingerprint density at radius 3 is 1.61 bits per heavy atom. The SMILES string of the molecule is ClCCCCOC1OCCOC1OCCCCCl. The second-order valence-corrected chi connectivity index (χ2v) is 4.77. The van der Waals surface area contributed by atoms with E-state index in [-0.39, 0.29) is 0 Å². The molecule has 0 aromatic heterocycles. The second kappa shape index (κ2) is 11.3. The van der Waals surface area contributed by atoms with E-state index in [0.717, 1.165) is 25.7 Å². The molecule has 1 heterocycles. The fraction of sp³-hybridized carbons (Fsp3) is 1.00. The van der Waals surface area contributed by atoms with Crippen molar-refractivity contribution in [2.24, 2.45) is 0 Å². The Morgan fingerprint density at radius 1 is 0.778 bits per heavy atom. The molecule has 0 aromatic rings. The Bertz CT molecular complexity index is 175. The largest absolute Gasteiger partial charge is 0.348 e. The van der Waals surface area contributed by atoms with E-state index in [9.17, 15) is 0 Å². The third-order valence-electron chi connectivity index (χ3n) is 2.49. The lowest BCUT2D eigenvalue weighted by atomic mass is 10.3. The molecule has 0 bridgehead atoms. The summed E-state index contributed by atoms with van der Waals surface area (Å²) in [6.07, 6.45) is 2.87. The number of rotatable bonds is 10. The molecule has 0 radical (unpaired) electrons. The molecule has 108 valence electrons. The zero-order chi connectivity index (χ0) is 13.1. The highest BCUT2D eigenvalue weighted by atomic mass is 35.5. The molecule has 6 heteroatoms. The quantitative estimate of drug-likeness (QED) is 0.459. The number of alkyl halides is 2. The summed E-state index contributed by atoms with van der Waals surface area (Å²) in [7, 11) is 0. The van der Waals surface area contributed by atoms with Crippen LogP contribution in [0.1, 0.15) is 25.7 Å². The molecule has 0 aromatic carbocycles. The van der Waals surface area contributed by atoms with Crippen LogP contribution in [0, 0.1) is 0 Å². The van der Waals surface area contributed by atoms with Crippen LogP contribution >= 0.6 is 23.2 Å². The third-order valence-corrected chi connectivity index (χ3v) is 3.02. The van der Waals surface area contributed by atoms with Gasteiger partial charge in [-0.25, -0.2) is 0 Å². The molecule has 2 unspecified atom stereocenters. The zero-order valence-electron chi connectivity index (χ0n) is 10.6. The van der Waals surface area contributed by atoms with E-state index in [4.69, 9.17) is 42.1 Å². The van der Waals surface area contributed by atoms with Crippen molar-refractivity contribution in [1.82, 2.24) is 0 Å². The van der Waals surface area contributed by atoms with Gasteiger partial charge in [0.2, 0.25) is 12.6 Å². The third kappa shape index (κ3) is 7.12. The van der Waals surface area contributed by atoms with Crippen LogP contribution < -0.4 is 0 Å². The van der Waals surface area contributed by atoms with Crippen molar-refractivity contribution in [3.8, 4) is 0 Å². The van der Waals surface area contributed by atoms with Crippen LogP contribution in [0.2, 0.25) is 0 Å². The smallest absolute Gasteiger partial charge is 0.209 e. The van der Waals surface area contributed by atoms with Gasteiger partial charge in [0.05, 0.1) is 13.2 Å². The van der Waals surface area contributed by atoms with Crippen LogP contribution in [0.25, 0.3) is 0 Å². The predicted octanol–water partition coefficient (Wildman–Crippen LogP) is 2.76. The van der Waals surface area contributed by atoms with Gasteiger partial charge in [-0.1, -0.05) is 0 Å². The summed E-state index contributed by atoms with van der Waals surface area (Å²) in [4.78, 5) is 0.